The lowest BCUT2D eigenvalue weighted by atomic mass is 10.1. The van der Waals surface area contributed by atoms with Crippen molar-refractivity contribution in [2.75, 3.05) is 23.3 Å². The van der Waals surface area contributed by atoms with Gasteiger partial charge in [0.15, 0.2) is 0 Å². The van der Waals surface area contributed by atoms with E-state index in [-0.39, 0.29) is 30.5 Å². The Kier molecular flexibility index (Phi) is 6.86. The van der Waals surface area contributed by atoms with Gasteiger partial charge in [-0.3, -0.25) is 14.4 Å². The lowest BCUT2D eigenvalue weighted by molar-refractivity contribution is -0.137. The lowest BCUT2D eigenvalue weighted by Gasteiger charge is -2.18. The summed E-state index contributed by atoms with van der Waals surface area (Å²) in [6, 6.07) is 11.0. The first-order valence-corrected chi connectivity index (χ1v) is 10.2. The van der Waals surface area contributed by atoms with Crippen LogP contribution < -0.4 is 15.5 Å². The van der Waals surface area contributed by atoms with Gasteiger partial charge in [0.25, 0.3) is 5.91 Å². The highest BCUT2D eigenvalue weighted by atomic mass is 19.4. The van der Waals surface area contributed by atoms with Gasteiger partial charge < -0.3 is 15.5 Å². The topological polar surface area (TPSA) is 78.5 Å². The Morgan fingerprint density at radius 1 is 1.12 bits per heavy atom. The molecule has 0 unspecified atom stereocenters. The number of amides is 3. The highest BCUT2D eigenvalue weighted by Crippen LogP contribution is 2.33. The first-order valence-electron chi connectivity index (χ1n) is 10.2. The van der Waals surface area contributed by atoms with Crippen LogP contribution in [0, 0.1) is 11.8 Å². The van der Waals surface area contributed by atoms with Gasteiger partial charge in [-0.25, -0.2) is 0 Å². The van der Waals surface area contributed by atoms with Gasteiger partial charge in [0.2, 0.25) is 11.8 Å². The molecule has 1 atom stereocenters. The number of alkyl halides is 3. The van der Waals surface area contributed by atoms with Crippen LogP contribution in [-0.4, -0.2) is 30.8 Å². The van der Waals surface area contributed by atoms with E-state index in [2.05, 4.69) is 10.6 Å². The van der Waals surface area contributed by atoms with E-state index in [4.69, 9.17) is 0 Å². The Morgan fingerprint density at radius 3 is 2.53 bits per heavy atom. The molecule has 0 aliphatic carbocycles. The Morgan fingerprint density at radius 2 is 1.84 bits per heavy atom. The van der Waals surface area contributed by atoms with E-state index in [1.54, 1.807) is 24.3 Å². The maximum absolute atomic E-state index is 13.0. The monoisotopic (exact) mass is 447 g/mol. The molecule has 0 spiro atoms. The van der Waals surface area contributed by atoms with E-state index in [0.717, 1.165) is 12.1 Å². The molecule has 2 N–H and O–H groups in total. The van der Waals surface area contributed by atoms with E-state index in [1.807, 2.05) is 13.8 Å². The second kappa shape index (κ2) is 9.42. The van der Waals surface area contributed by atoms with Crippen LogP contribution in [0.4, 0.5) is 24.5 Å². The minimum atomic E-state index is -4.53. The summed E-state index contributed by atoms with van der Waals surface area (Å²) in [6.07, 6.45) is -4.67. The second-order valence-electron chi connectivity index (χ2n) is 8.09. The van der Waals surface area contributed by atoms with Crippen molar-refractivity contribution in [2.45, 2.75) is 26.4 Å². The van der Waals surface area contributed by atoms with E-state index >= 15 is 0 Å². The van der Waals surface area contributed by atoms with Gasteiger partial charge in [-0.2, -0.15) is 13.2 Å². The molecule has 2 aromatic rings. The molecule has 3 rings (SSSR count). The number of halogens is 3. The maximum Gasteiger partial charge on any atom is 0.416 e. The summed E-state index contributed by atoms with van der Waals surface area (Å²) in [7, 11) is 0. The molecule has 3 amide bonds. The summed E-state index contributed by atoms with van der Waals surface area (Å²) in [4.78, 5) is 38.9. The zero-order valence-corrected chi connectivity index (χ0v) is 17.7. The lowest BCUT2D eigenvalue weighted by Crippen LogP contribution is -2.30. The van der Waals surface area contributed by atoms with Gasteiger partial charge in [-0.05, 0) is 36.2 Å². The van der Waals surface area contributed by atoms with Crippen LogP contribution in [0.15, 0.2) is 48.5 Å². The summed E-state index contributed by atoms with van der Waals surface area (Å²) in [5.41, 5.74) is -0.171. The second-order valence-corrected chi connectivity index (χ2v) is 8.09. The molecule has 6 nitrogen and oxygen atoms in total. The van der Waals surface area contributed by atoms with Crippen molar-refractivity contribution < 1.29 is 27.6 Å². The zero-order valence-electron chi connectivity index (χ0n) is 17.7. The van der Waals surface area contributed by atoms with Gasteiger partial charge in [0, 0.05) is 25.2 Å². The third-order valence-electron chi connectivity index (χ3n) is 5.08. The molecule has 9 heteroatoms. The van der Waals surface area contributed by atoms with Crippen LogP contribution in [0.5, 0.6) is 0 Å². The fourth-order valence-corrected chi connectivity index (χ4v) is 3.40. The number of carbonyl (C=O) groups excluding carboxylic acids is 3. The number of hydrogen-bond acceptors (Lipinski definition) is 3. The van der Waals surface area contributed by atoms with E-state index in [1.165, 1.54) is 17.0 Å². The fourth-order valence-electron chi connectivity index (χ4n) is 3.40. The number of hydrogen-bond donors (Lipinski definition) is 2. The first kappa shape index (κ1) is 23.3. The van der Waals surface area contributed by atoms with Crippen molar-refractivity contribution in [1.29, 1.82) is 0 Å². The van der Waals surface area contributed by atoms with Crippen LogP contribution in [0.3, 0.4) is 0 Å². The molecule has 1 saturated heterocycles. The maximum atomic E-state index is 13.0. The van der Waals surface area contributed by atoms with Crippen molar-refractivity contribution in [3.05, 3.63) is 59.7 Å². The first-order chi connectivity index (χ1) is 15.1. The predicted octanol–water partition coefficient (Wildman–Crippen LogP) is 4.08. The molecule has 0 radical (unpaired) electrons. The number of para-hydroxylation sites is 1. The number of nitrogens with one attached hydrogen (secondary N) is 2. The molecule has 0 saturated carbocycles. The summed E-state index contributed by atoms with van der Waals surface area (Å²) in [5, 5.41) is 5.48. The molecule has 1 fully saturated rings. The zero-order chi connectivity index (χ0) is 23.5. The van der Waals surface area contributed by atoms with Crippen LogP contribution in [0.1, 0.15) is 36.2 Å². The third kappa shape index (κ3) is 5.46. The average Bonchev–Trinajstić information content (AvgIpc) is 3.13. The van der Waals surface area contributed by atoms with Crippen LogP contribution in [0.25, 0.3) is 0 Å². The molecule has 1 heterocycles. The van der Waals surface area contributed by atoms with Crippen LogP contribution >= 0.6 is 0 Å². The van der Waals surface area contributed by atoms with Crippen LogP contribution in [0.2, 0.25) is 0 Å². The van der Waals surface area contributed by atoms with Crippen molar-refractivity contribution in [2.24, 2.45) is 11.8 Å². The van der Waals surface area contributed by atoms with Crippen molar-refractivity contribution in [3.63, 3.8) is 0 Å². The Labute approximate surface area is 183 Å². The quantitative estimate of drug-likeness (QED) is 0.701. The molecular weight excluding hydrogens is 423 g/mol. The SMILES string of the molecule is CC(C)CNC(=O)c1ccccc1NC(=O)[C@@H]1CC(=O)N(c2cccc(C(F)(F)F)c2)C1. The average molecular weight is 447 g/mol. The molecule has 2 aromatic carbocycles. The largest absolute Gasteiger partial charge is 0.416 e. The number of nitrogens with zero attached hydrogens (tertiary/aromatic N) is 1. The standard InChI is InChI=1S/C23H24F3N3O3/c1-14(2)12-27-22(32)18-8-3-4-9-19(18)28-21(31)15-10-20(30)29(13-15)17-7-5-6-16(11-17)23(24,25)26/h3-9,11,14-15H,10,12-13H2,1-2H3,(H,27,32)(H,28,31)/t15-/m1/s1. The molecule has 1 aliphatic heterocycles. The van der Waals surface area contributed by atoms with Gasteiger partial charge in [0.1, 0.15) is 0 Å². The molecular formula is C23H24F3N3O3. The highest BCUT2D eigenvalue weighted by Gasteiger charge is 2.37. The number of anilines is 2. The van der Waals surface area contributed by atoms with Gasteiger partial charge in [0.05, 0.1) is 22.7 Å². The van der Waals surface area contributed by atoms with Crippen molar-refractivity contribution in [1.82, 2.24) is 5.32 Å². The third-order valence-corrected chi connectivity index (χ3v) is 5.08. The molecule has 1 aliphatic rings. The van der Waals surface area contributed by atoms with Crippen LogP contribution in [-0.2, 0) is 15.8 Å². The van der Waals surface area contributed by atoms with Crippen molar-refractivity contribution in [3.8, 4) is 0 Å². The molecule has 0 bridgehead atoms. The number of benzene rings is 2. The predicted molar refractivity (Wildman–Crippen MR) is 114 cm³/mol. The number of carbonyl (C=O) groups is 3. The summed E-state index contributed by atoms with van der Waals surface area (Å²) < 4.78 is 39.0. The highest BCUT2D eigenvalue weighted by molar-refractivity contribution is 6.07. The fraction of sp³-hybridized carbons (Fsp3) is 0.348. The minimum absolute atomic E-state index is 0.0479. The summed E-state index contributed by atoms with van der Waals surface area (Å²) >= 11 is 0. The van der Waals surface area contributed by atoms with E-state index < -0.39 is 29.5 Å². The van der Waals surface area contributed by atoms with E-state index in [9.17, 15) is 27.6 Å². The van der Waals surface area contributed by atoms with Gasteiger partial charge in [-0.15, -0.1) is 0 Å². The Balaban J connectivity index is 1.72. The van der Waals surface area contributed by atoms with Crippen molar-refractivity contribution >= 4 is 29.1 Å². The molecule has 32 heavy (non-hydrogen) atoms. The van der Waals surface area contributed by atoms with E-state index in [0.29, 0.717) is 17.8 Å². The Hall–Kier alpha value is -3.36. The smallest absolute Gasteiger partial charge is 0.352 e. The Bertz CT molecular complexity index is 1020. The normalized spacial score (nSPS) is 16.4. The molecule has 0 aromatic heterocycles. The number of rotatable bonds is 6. The van der Waals surface area contributed by atoms with Gasteiger partial charge >= 0.3 is 6.18 Å². The summed E-state index contributed by atoms with van der Waals surface area (Å²) in [6.45, 7) is 4.35. The molecule has 170 valence electrons. The minimum Gasteiger partial charge on any atom is -0.352 e. The summed E-state index contributed by atoms with van der Waals surface area (Å²) in [5.74, 6) is -1.75. The van der Waals surface area contributed by atoms with Gasteiger partial charge in [-0.1, -0.05) is 32.0 Å².